The van der Waals surface area contributed by atoms with E-state index in [9.17, 15) is 9.59 Å². The minimum absolute atomic E-state index is 0.0508. The standard InChI is InChI=1S/C13H17NO4/c15-12-7-1-6-11(13(16)17)14(12)8-2-4-10-5-3-9-18-10/h1,6-7,10H,2-5,8-9H2,(H,16,17). The fraction of sp³-hybridized carbons (Fsp3) is 0.538. The van der Waals surface area contributed by atoms with Crippen LogP contribution in [-0.4, -0.2) is 28.4 Å². The normalized spacial score (nSPS) is 19.0. The summed E-state index contributed by atoms with van der Waals surface area (Å²) in [4.78, 5) is 22.6. The van der Waals surface area contributed by atoms with Crippen LogP contribution >= 0.6 is 0 Å². The van der Waals surface area contributed by atoms with Gasteiger partial charge in [0.15, 0.2) is 0 Å². The van der Waals surface area contributed by atoms with Gasteiger partial charge in [-0.25, -0.2) is 4.79 Å². The molecular weight excluding hydrogens is 234 g/mol. The third kappa shape index (κ3) is 2.98. The summed E-state index contributed by atoms with van der Waals surface area (Å²) in [5.41, 5.74) is -0.211. The van der Waals surface area contributed by atoms with Gasteiger partial charge in [-0.1, -0.05) is 6.07 Å². The molecule has 1 saturated heterocycles. The molecule has 5 nitrogen and oxygen atoms in total. The van der Waals surface area contributed by atoms with Gasteiger partial charge in [0.05, 0.1) is 6.10 Å². The molecule has 98 valence electrons. The monoisotopic (exact) mass is 251 g/mol. The predicted octanol–water partition coefficient (Wildman–Crippen LogP) is 1.51. The van der Waals surface area contributed by atoms with Gasteiger partial charge in [-0.3, -0.25) is 4.79 Å². The first-order chi connectivity index (χ1) is 8.68. The summed E-state index contributed by atoms with van der Waals surface area (Å²) in [6, 6.07) is 4.32. The van der Waals surface area contributed by atoms with E-state index in [1.807, 2.05) is 0 Å². The van der Waals surface area contributed by atoms with Crippen LogP contribution in [0.25, 0.3) is 0 Å². The van der Waals surface area contributed by atoms with E-state index in [4.69, 9.17) is 9.84 Å². The second-order valence-corrected chi connectivity index (χ2v) is 4.48. The zero-order valence-corrected chi connectivity index (χ0v) is 10.2. The average molecular weight is 251 g/mol. The highest BCUT2D eigenvalue weighted by Crippen LogP contribution is 2.17. The lowest BCUT2D eigenvalue weighted by atomic mass is 10.1. The topological polar surface area (TPSA) is 68.5 Å². The second kappa shape index (κ2) is 5.82. The van der Waals surface area contributed by atoms with Crippen LogP contribution in [0.2, 0.25) is 0 Å². The van der Waals surface area contributed by atoms with Crippen LogP contribution in [0.15, 0.2) is 23.0 Å². The highest BCUT2D eigenvalue weighted by atomic mass is 16.5. The molecule has 0 spiro atoms. The number of hydrogen-bond acceptors (Lipinski definition) is 3. The minimum Gasteiger partial charge on any atom is -0.477 e. The molecule has 1 aliphatic rings. The fourth-order valence-corrected chi connectivity index (χ4v) is 2.29. The SMILES string of the molecule is O=C(O)c1cccc(=O)n1CCCC1CCCO1. The maximum Gasteiger partial charge on any atom is 0.352 e. The number of ether oxygens (including phenoxy) is 1. The molecule has 1 aromatic rings. The van der Waals surface area contributed by atoms with Gasteiger partial charge in [-0.15, -0.1) is 0 Å². The van der Waals surface area contributed by atoms with Gasteiger partial charge in [0.2, 0.25) is 0 Å². The quantitative estimate of drug-likeness (QED) is 0.861. The van der Waals surface area contributed by atoms with Crippen molar-refractivity contribution in [3.8, 4) is 0 Å². The van der Waals surface area contributed by atoms with Crippen LogP contribution in [0.4, 0.5) is 0 Å². The molecule has 2 heterocycles. The van der Waals surface area contributed by atoms with Gasteiger partial charge in [0.25, 0.3) is 5.56 Å². The molecule has 0 amide bonds. The van der Waals surface area contributed by atoms with Gasteiger partial charge < -0.3 is 14.4 Å². The van der Waals surface area contributed by atoms with Gasteiger partial charge in [-0.2, -0.15) is 0 Å². The van der Waals surface area contributed by atoms with E-state index >= 15 is 0 Å². The van der Waals surface area contributed by atoms with Crippen LogP contribution in [0, 0.1) is 0 Å². The minimum atomic E-state index is -1.06. The lowest BCUT2D eigenvalue weighted by molar-refractivity contribution is 0.0682. The Labute approximate surface area is 105 Å². The summed E-state index contributed by atoms with van der Waals surface area (Å²) in [5, 5.41) is 9.02. The highest BCUT2D eigenvalue weighted by molar-refractivity contribution is 5.85. The molecule has 18 heavy (non-hydrogen) atoms. The number of pyridine rings is 1. The Hall–Kier alpha value is -1.62. The van der Waals surface area contributed by atoms with E-state index in [0.29, 0.717) is 6.54 Å². The molecule has 0 aliphatic carbocycles. The van der Waals surface area contributed by atoms with E-state index in [1.165, 1.54) is 22.8 Å². The number of hydrogen-bond donors (Lipinski definition) is 1. The van der Waals surface area contributed by atoms with Gasteiger partial charge in [-0.05, 0) is 31.7 Å². The molecule has 1 atom stereocenters. The molecular formula is C13H17NO4. The number of aromatic carboxylic acids is 1. The van der Waals surface area contributed by atoms with Crippen LogP contribution in [-0.2, 0) is 11.3 Å². The van der Waals surface area contributed by atoms with E-state index in [2.05, 4.69) is 0 Å². The van der Waals surface area contributed by atoms with Crippen molar-refractivity contribution in [1.82, 2.24) is 4.57 Å². The van der Waals surface area contributed by atoms with E-state index in [-0.39, 0.29) is 17.4 Å². The van der Waals surface area contributed by atoms with Crippen LogP contribution in [0.3, 0.4) is 0 Å². The van der Waals surface area contributed by atoms with Crippen molar-refractivity contribution < 1.29 is 14.6 Å². The maximum absolute atomic E-state index is 11.6. The molecule has 1 unspecified atom stereocenters. The molecule has 1 aliphatic heterocycles. The zero-order valence-electron chi connectivity index (χ0n) is 10.2. The second-order valence-electron chi connectivity index (χ2n) is 4.48. The molecule has 0 bridgehead atoms. The summed E-state index contributed by atoms with van der Waals surface area (Å²) in [7, 11) is 0. The molecule has 1 aromatic heterocycles. The number of carboxylic acids is 1. The highest BCUT2D eigenvalue weighted by Gasteiger charge is 2.16. The first-order valence-corrected chi connectivity index (χ1v) is 6.23. The van der Waals surface area contributed by atoms with Crippen molar-refractivity contribution in [3.63, 3.8) is 0 Å². The summed E-state index contributed by atoms with van der Waals surface area (Å²) in [6.45, 7) is 1.25. The van der Waals surface area contributed by atoms with Gasteiger partial charge >= 0.3 is 5.97 Å². The lowest BCUT2D eigenvalue weighted by Gasteiger charge is -2.11. The predicted molar refractivity (Wildman–Crippen MR) is 65.9 cm³/mol. The summed E-state index contributed by atoms with van der Waals surface area (Å²) >= 11 is 0. The first kappa shape index (κ1) is 12.8. The molecule has 1 N–H and O–H groups in total. The van der Waals surface area contributed by atoms with Crippen molar-refractivity contribution in [2.75, 3.05) is 6.61 Å². The van der Waals surface area contributed by atoms with E-state index < -0.39 is 5.97 Å². The van der Waals surface area contributed by atoms with Crippen molar-refractivity contribution in [1.29, 1.82) is 0 Å². The van der Waals surface area contributed by atoms with Crippen LogP contribution in [0.5, 0.6) is 0 Å². The molecule has 0 aromatic carbocycles. The summed E-state index contributed by atoms with van der Waals surface area (Å²) in [6.07, 6.45) is 4.07. The van der Waals surface area contributed by atoms with E-state index in [0.717, 1.165) is 32.3 Å². The third-order valence-corrected chi connectivity index (χ3v) is 3.20. The Balaban J connectivity index is 1.99. The Morgan fingerprint density at radius 1 is 1.50 bits per heavy atom. The van der Waals surface area contributed by atoms with Crippen molar-refractivity contribution >= 4 is 5.97 Å². The summed E-state index contributed by atoms with van der Waals surface area (Å²) in [5.74, 6) is -1.06. The Morgan fingerprint density at radius 2 is 2.33 bits per heavy atom. The molecule has 0 radical (unpaired) electrons. The third-order valence-electron chi connectivity index (χ3n) is 3.20. The molecule has 1 fully saturated rings. The zero-order chi connectivity index (χ0) is 13.0. The largest absolute Gasteiger partial charge is 0.477 e. The first-order valence-electron chi connectivity index (χ1n) is 6.23. The maximum atomic E-state index is 11.6. The lowest BCUT2D eigenvalue weighted by Crippen LogP contribution is -2.25. The van der Waals surface area contributed by atoms with Gasteiger partial charge in [0, 0.05) is 19.2 Å². The number of carbonyl (C=O) groups is 1. The Bertz CT molecular complexity index is 474. The fourth-order valence-electron chi connectivity index (χ4n) is 2.29. The number of nitrogens with zero attached hydrogens (tertiary/aromatic N) is 1. The van der Waals surface area contributed by atoms with Crippen LogP contribution in [0.1, 0.15) is 36.2 Å². The van der Waals surface area contributed by atoms with Gasteiger partial charge in [0.1, 0.15) is 5.69 Å². The van der Waals surface area contributed by atoms with Crippen molar-refractivity contribution in [3.05, 3.63) is 34.2 Å². The smallest absolute Gasteiger partial charge is 0.352 e. The van der Waals surface area contributed by atoms with E-state index in [1.54, 1.807) is 0 Å². The Kier molecular flexibility index (Phi) is 4.15. The molecule has 5 heteroatoms. The molecule has 0 saturated carbocycles. The average Bonchev–Trinajstić information content (AvgIpc) is 2.84. The molecule has 2 rings (SSSR count). The number of rotatable bonds is 5. The van der Waals surface area contributed by atoms with Crippen molar-refractivity contribution in [2.24, 2.45) is 0 Å². The summed E-state index contributed by atoms with van der Waals surface area (Å²) < 4.78 is 6.81. The van der Waals surface area contributed by atoms with Crippen LogP contribution < -0.4 is 5.56 Å². The Morgan fingerprint density at radius 3 is 3.00 bits per heavy atom. The number of carboxylic acid groups (broad SMARTS) is 1. The number of aromatic nitrogens is 1. The van der Waals surface area contributed by atoms with Crippen molar-refractivity contribution in [2.45, 2.75) is 38.3 Å².